The Kier molecular flexibility index (Phi) is 4.73. The van der Waals surface area contributed by atoms with Gasteiger partial charge in [0.1, 0.15) is 17.6 Å². The Morgan fingerprint density at radius 3 is 2.79 bits per heavy atom. The normalized spacial score (nSPS) is 26.1. The van der Waals surface area contributed by atoms with Crippen LogP contribution in [0.5, 0.6) is 5.75 Å². The van der Waals surface area contributed by atoms with Crippen molar-refractivity contribution in [3.8, 4) is 5.75 Å². The summed E-state index contributed by atoms with van der Waals surface area (Å²) in [5.41, 5.74) is 0.450. The minimum absolute atomic E-state index is 0.00750. The van der Waals surface area contributed by atoms with Crippen LogP contribution < -0.4 is 4.74 Å². The first-order valence-electron chi connectivity index (χ1n) is 8.37. The van der Waals surface area contributed by atoms with Crippen LogP contribution in [0, 0.1) is 11.7 Å². The van der Waals surface area contributed by atoms with Crippen molar-refractivity contribution < 1.29 is 23.8 Å². The number of hydrogen-bond donors (Lipinski definition) is 1. The van der Waals surface area contributed by atoms with Crippen molar-refractivity contribution in [2.75, 3.05) is 7.11 Å². The molecule has 130 valence electrons. The number of nitrogens with zero attached hydrogens (tertiary/aromatic N) is 1. The first-order valence-corrected chi connectivity index (χ1v) is 8.37. The van der Waals surface area contributed by atoms with Gasteiger partial charge in [-0.05, 0) is 43.4 Å². The number of rotatable bonds is 4. The van der Waals surface area contributed by atoms with Gasteiger partial charge in [0.05, 0.1) is 13.5 Å². The van der Waals surface area contributed by atoms with Crippen molar-refractivity contribution in [3.05, 3.63) is 29.6 Å². The number of hydrogen-bond acceptors (Lipinski definition) is 3. The average Bonchev–Trinajstić information content (AvgIpc) is 2.95. The highest BCUT2D eigenvalue weighted by molar-refractivity contribution is 5.86. The maximum absolute atomic E-state index is 13.5. The molecule has 0 aromatic heterocycles. The second-order valence-corrected chi connectivity index (χ2v) is 6.64. The first kappa shape index (κ1) is 16.7. The summed E-state index contributed by atoms with van der Waals surface area (Å²) in [5, 5.41) is 9.51. The van der Waals surface area contributed by atoms with Crippen LogP contribution in [0.2, 0.25) is 0 Å². The lowest BCUT2D eigenvalue weighted by Gasteiger charge is -2.33. The first-order chi connectivity index (χ1) is 11.5. The number of aliphatic carboxylic acids is 1. The zero-order valence-electron chi connectivity index (χ0n) is 13.7. The van der Waals surface area contributed by atoms with Gasteiger partial charge in [0, 0.05) is 11.6 Å². The third kappa shape index (κ3) is 3.09. The predicted octanol–water partition coefficient (Wildman–Crippen LogP) is 2.62. The van der Waals surface area contributed by atoms with Gasteiger partial charge in [0.25, 0.3) is 0 Å². The summed E-state index contributed by atoms with van der Waals surface area (Å²) >= 11 is 0. The Morgan fingerprint density at radius 1 is 1.33 bits per heavy atom. The molecule has 1 amide bonds. The molecule has 1 aromatic carbocycles. The summed E-state index contributed by atoms with van der Waals surface area (Å²) in [5.74, 6) is -0.954. The summed E-state index contributed by atoms with van der Waals surface area (Å²) < 4.78 is 18.7. The molecule has 1 aliphatic heterocycles. The molecule has 1 saturated heterocycles. The molecule has 1 N–H and O–H groups in total. The maximum atomic E-state index is 13.5. The quantitative estimate of drug-likeness (QED) is 0.918. The van der Waals surface area contributed by atoms with Gasteiger partial charge in [-0.25, -0.2) is 9.18 Å². The van der Waals surface area contributed by atoms with E-state index >= 15 is 0 Å². The average molecular weight is 335 g/mol. The van der Waals surface area contributed by atoms with Gasteiger partial charge in [0.15, 0.2) is 0 Å². The summed E-state index contributed by atoms with van der Waals surface area (Å²) in [6.45, 7) is 0. The number of methoxy groups -OCH3 is 1. The number of benzene rings is 1. The standard InChI is InChI=1S/C18H22FNO4/c1-24-16-7-6-13(19)8-12(16)10-17(21)20-14-5-3-2-4-11(14)9-15(20)18(22)23/h6-8,11,14-15H,2-5,9-10H2,1H3,(H,22,23). The van der Waals surface area contributed by atoms with Crippen LogP contribution in [-0.2, 0) is 16.0 Å². The van der Waals surface area contributed by atoms with E-state index in [1.54, 1.807) is 0 Å². The number of carboxylic acids is 1. The Bertz CT molecular complexity index is 648. The molecule has 3 rings (SSSR count). The molecule has 3 atom stereocenters. The van der Waals surface area contributed by atoms with Gasteiger partial charge in [-0.15, -0.1) is 0 Å². The molecule has 6 heteroatoms. The van der Waals surface area contributed by atoms with Gasteiger partial charge in [0.2, 0.25) is 5.91 Å². The molecule has 5 nitrogen and oxygen atoms in total. The second kappa shape index (κ2) is 6.79. The zero-order valence-corrected chi connectivity index (χ0v) is 13.7. The molecule has 2 fully saturated rings. The van der Waals surface area contributed by atoms with E-state index in [1.165, 1.54) is 30.2 Å². The Morgan fingerprint density at radius 2 is 2.08 bits per heavy atom. The summed E-state index contributed by atoms with van der Waals surface area (Å²) in [6.07, 6.45) is 4.40. The van der Waals surface area contributed by atoms with Crippen molar-refractivity contribution in [3.63, 3.8) is 0 Å². The third-order valence-corrected chi connectivity index (χ3v) is 5.25. The number of carbonyl (C=O) groups excluding carboxylic acids is 1. The van der Waals surface area contributed by atoms with Crippen LogP contribution in [0.4, 0.5) is 4.39 Å². The third-order valence-electron chi connectivity index (χ3n) is 5.25. The van der Waals surface area contributed by atoms with Crippen molar-refractivity contribution in [2.24, 2.45) is 5.92 Å². The lowest BCUT2D eigenvalue weighted by Crippen LogP contribution is -2.46. The van der Waals surface area contributed by atoms with E-state index < -0.39 is 17.8 Å². The number of fused-ring (bicyclic) bond motifs is 1. The molecule has 0 spiro atoms. The number of ether oxygens (including phenoxy) is 1. The smallest absolute Gasteiger partial charge is 0.326 e. The molecule has 2 aliphatic rings. The molecular formula is C18H22FNO4. The largest absolute Gasteiger partial charge is 0.496 e. The molecule has 24 heavy (non-hydrogen) atoms. The van der Waals surface area contributed by atoms with E-state index in [-0.39, 0.29) is 24.3 Å². The number of amides is 1. The van der Waals surface area contributed by atoms with Crippen LogP contribution in [0.15, 0.2) is 18.2 Å². The lowest BCUT2D eigenvalue weighted by atomic mass is 9.84. The molecule has 1 heterocycles. The van der Waals surface area contributed by atoms with E-state index in [0.29, 0.717) is 17.7 Å². The van der Waals surface area contributed by atoms with E-state index in [4.69, 9.17) is 4.74 Å². The maximum Gasteiger partial charge on any atom is 0.326 e. The monoisotopic (exact) mass is 335 g/mol. The van der Waals surface area contributed by atoms with Crippen LogP contribution >= 0.6 is 0 Å². The molecule has 1 saturated carbocycles. The number of carbonyl (C=O) groups is 2. The van der Waals surface area contributed by atoms with Gasteiger partial charge in [-0.3, -0.25) is 4.79 Å². The second-order valence-electron chi connectivity index (χ2n) is 6.64. The minimum atomic E-state index is -0.955. The van der Waals surface area contributed by atoms with Crippen LogP contribution in [0.3, 0.4) is 0 Å². The molecular weight excluding hydrogens is 313 g/mol. The number of carboxylic acid groups (broad SMARTS) is 1. The van der Waals surface area contributed by atoms with Crippen molar-refractivity contribution >= 4 is 11.9 Å². The Labute approximate surface area is 140 Å². The van der Waals surface area contributed by atoms with Gasteiger partial charge in [-0.1, -0.05) is 12.8 Å². The number of halogens is 1. The van der Waals surface area contributed by atoms with Crippen molar-refractivity contribution in [1.29, 1.82) is 0 Å². The fraction of sp³-hybridized carbons (Fsp3) is 0.556. The molecule has 1 aromatic rings. The molecule has 1 aliphatic carbocycles. The molecule has 0 radical (unpaired) electrons. The highest BCUT2D eigenvalue weighted by atomic mass is 19.1. The SMILES string of the molecule is COc1ccc(F)cc1CC(=O)N1C(C(=O)O)CC2CCCCC21. The van der Waals surface area contributed by atoms with Crippen LogP contribution in [0.25, 0.3) is 0 Å². The van der Waals surface area contributed by atoms with Crippen LogP contribution in [-0.4, -0.2) is 41.1 Å². The van der Waals surface area contributed by atoms with E-state index in [2.05, 4.69) is 0 Å². The fourth-order valence-electron chi connectivity index (χ4n) is 4.18. The van der Waals surface area contributed by atoms with E-state index in [0.717, 1.165) is 25.7 Å². The molecule has 3 unspecified atom stereocenters. The van der Waals surface area contributed by atoms with E-state index in [1.807, 2.05) is 0 Å². The number of likely N-dealkylation sites (tertiary alicyclic amines) is 1. The predicted molar refractivity (Wildman–Crippen MR) is 85.3 cm³/mol. The summed E-state index contributed by atoms with van der Waals surface area (Å²) in [4.78, 5) is 26.0. The Balaban J connectivity index is 1.84. The Hall–Kier alpha value is -2.11. The fourth-order valence-corrected chi connectivity index (χ4v) is 4.18. The zero-order chi connectivity index (χ0) is 17.3. The lowest BCUT2D eigenvalue weighted by molar-refractivity contribution is -0.149. The van der Waals surface area contributed by atoms with Crippen molar-refractivity contribution in [2.45, 2.75) is 50.6 Å². The summed E-state index contributed by atoms with van der Waals surface area (Å²) in [7, 11) is 1.47. The van der Waals surface area contributed by atoms with Gasteiger partial charge < -0.3 is 14.7 Å². The highest BCUT2D eigenvalue weighted by Gasteiger charge is 2.47. The van der Waals surface area contributed by atoms with Gasteiger partial charge in [-0.2, -0.15) is 0 Å². The topological polar surface area (TPSA) is 66.8 Å². The molecule has 0 bridgehead atoms. The van der Waals surface area contributed by atoms with Crippen molar-refractivity contribution in [1.82, 2.24) is 4.90 Å². The van der Waals surface area contributed by atoms with Gasteiger partial charge >= 0.3 is 5.97 Å². The van der Waals surface area contributed by atoms with Crippen LogP contribution in [0.1, 0.15) is 37.7 Å². The minimum Gasteiger partial charge on any atom is -0.496 e. The summed E-state index contributed by atoms with van der Waals surface area (Å²) in [6, 6.07) is 3.26. The highest BCUT2D eigenvalue weighted by Crippen LogP contribution is 2.40. The van der Waals surface area contributed by atoms with E-state index in [9.17, 15) is 19.1 Å².